The molecule has 14 nitrogen and oxygen atoms in total. The Morgan fingerprint density at radius 3 is 1.50 bits per heavy atom. The third-order valence-corrected chi connectivity index (χ3v) is 7.71. The van der Waals surface area contributed by atoms with Gasteiger partial charge in [-0.25, -0.2) is 0 Å². The monoisotopic (exact) mass is 613 g/mol. The lowest BCUT2D eigenvalue weighted by atomic mass is 9.92. The van der Waals surface area contributed by atoms with Gasteiger partial charge in [0.15, 0.2) is 12.6 Å². The van der Waals surface area contributed by atoms with Crippen LogP contribution in [0.25, 0.3) is 0 Å². The minimum absolute atomic E-state index is 0.254. The van der Waals surface area contributed by atoms with Crippen LogP contribution in [0.5, 0.6) is 0 Å². The van der Waals surface area contributed by atoms with Crippen molar-refractivity contribution < 1.29 is 63.8 Å². The van der Waals surface area contributed by atoms with Crippen LogP contribution >= 0.6 is 0 Å². The van der Waals surface area contributed by atoms with Crippen molar-refractivity contribution in [2.24, 2.45) is 11.8 Å². The number of ether oxygens (including phenoxy) is 7. The molecular weight excluding hydrogens is 558 g/mol. The Bertz CT molecular complexity index is 622. The molecule has 0 spiro atoms. The fourth-order valence-electron chi connectivity index (χ4n) is 4.70. The summed E-state index contributed by atoms with van der Waals surface area (Å²) in [6, 6.07) is 0. The number of unbranched alkanes of at least 4 members (excludes halogenated alkanes) is 2. The molecule has 2 heterocycles. The predicted octanol–water partition coefficient (Wildman–Crippen LogP) is -1.68. The van der Waals surface area contributed by atoms with E-state index >= 15 is 0 Å². The first-order valence-electron chi connectivity index (χ1n) is 15.1. The van der Waals surface area contributed by atoms with Crippen LogP contribution in [0.4, 0.5) is 0 Å². The molecule has 0 aliphatic carbocycles. The maximum absolute atomic E-state index is 10.1. The van der Waals surface area contributed by atoms with Gasteiger partial charge >= 0.3 is 0 Å². The number of hydrogen-bond donors (Lipinski definition) is 6. The van der Waals surface area contributed by atoms with Crippen molar-refractivity contribution in [1.29, 1.82) is 0 Å². The third-order valence-electron chi connectivity index (χ3n) is 7.71. The second-order valence-electron chi connectivity index (χ2n) is 11.1. The Kier molecular flexibility index (Phi) is 19.0. The van der Waals surface area contributed by atoms with Gasteiger partial charge in [-0.1, -0.05) is 13.8 Å². The van der Waals surface area contributed by atoms with Crippen molar-refractivity contribution in [3.8, 4) is 0 Å². The summed E-state index contributed by atoms with van der Waals surface area (Å²) in [5.74, 6) is -0.808. The van der Waals surface area contributed by atoms with Gasteiger partial charge in [-0.05, 0) is 26.3 Å². The molecule has 2 rings (SSSR count). The molecule has 2 aliphatic rings. The summed E-state index contributed by atoms with van der Waals surface area (Å²) in [6.45, 7) is 8.06. The van der Waals surface area contributed by atoms with E-state index in [0.29, 0.717) is 46.2 Å². The van der Waals surface area contributed by atoms with Gasteiger partial charge in [-0.2, -0.15) is 0 Å². The van der Waals surface area contributed by atoms with Crippen LogP contribution in [-0.2, 0) is 33.2 Å². The zero-order valence-electron chi connectivity index (χ0n) is 25.4. The molecule has 0 aromatic carbocycles. The quantitative estimate of drug-likeness (QED) is 0.0760. The number of aliphatic hydroxyl groups excluding tert-OH is 6. The lowest BCUT2D eigenvalue weighted by Crippen LogP contribution is -2.55. The summed E-state index contributed by atoms with van der Waals surface area (Å²) in [5, 5.41) is 58.4. The van der Waals surface area contributed by atoms with Gasteiger partial charge in [0.2, 0.25) is 0 Å². The van der Waals surface area contributed by atoms with Crippen LogP contribution < -0.4 is 0 Å². The molecule has 0 aromatic rings. The molecule has 2 aliphatic heterocycles. The van der Waals surface area contributed by atoms with Crippen molar-refractivity contribution in [3.63, 3.8) is 0 Å². The zero-order valence-corrected chi connectivity index (χ0v) is 25.4. The van der Waals surface area contributed by atoms with Gasteiger partial charge in [0.25, 0.3) is 0 Å². The minimum atomic E-state index is -1.14. The molecule has 0 bridgehead atoms. The normalized spacial score (nSPS) is 33.9. The van der Waals surface area contributed by atoms with E-state index in [4.69, 9.17) is 33.2 Å². The van der Waals surface area contributed by atoms with Crippen LogP contribution in [0.3, 0.4) is 0 Å². The SMILES string of the molecule is C[C@H]1C(O)[C@@H](O)C(CO)O[C@H]1OCCCCCOCCN(C)CCOCCOCCO[C@@H]1OC(CO)[C@H](O)C(O)[C@@H]1C. The van der Waals surface area contributed by atoms with E-state index in [0.717, 1.165) is 32.4 Å². The van der Waals surface area contributed by atoms with Gasteiger partial charge in [0.05, 0.1) is 65.1 Å². The van der Waals surface area contributed by atoms with Gasteiger partial charge in [0, 0.05) is 38.1 Å². The van der Waals surface area contributed by atoms with E-state index in [-0.39, 0.29) is 19.1 Å². The number of hydrogen-bond acceptors (Lipinski definition) is 14. The van der Waals surface area contributed by atoms with Crippen molar-refractivity contribution in [2.75, 3.05) is 86.2 Å². The van der Waals surface area contributed by atoms with E-state index in [1.807, 2.05) is 7.05 Å². The summed E-state index contributed by atoms with van der Waals surface area (Å²) < 4.78 is 39.2. The second kappa shape index (κ2) is 21.2. The Balaban J connectivity index is 1.35. The van der Waals surface area contributed by atoms with Crippen molar-refractivity contribution in [2.45, 2.75) is 82.3 Å². The largest absolute Gasteiger partial charge is 0.394 e. The molecule has 10 atom stereocenters. The Morgan fingerprint density at radius 2 is 0.976 bits per heavy atom. The number of aliphatic hydroxyl groups is 6. The predicted molar refractivity (Wildman–Crippen MR) is 150 cm³/mol. The summed E-state index contributed by atoms with van der Waals surface area (Å²) >= 11 is 0. The van der Waals surface area contributed by atoms with Crippen molar-refractivity contribution in [3.05, 3.63) is 0 Å². The molecule has 250 valence electrons. The summed E-state index contributed by atoms with van der Waals surface area (Å²) in [4.78, 5) is 2.13. The third kappa shape index (κ3) is 12.8. The first-order valence-corrected chi connectivity index (χ1v) is 15.1. The van der Waals surface area contributed by atoms with Crippen LogP contribution in [0.1, 0.15) is 33.1 Å². The molecule has 0 saturated carbocycles. The fourth-order valence-corrected chi connectivity index (χ4v) is 4.70. The van der Waals surface area contributed by atoms with E-state index in [1.165, 1.54) is 0 Å². The molecule has 2 saturated heterocycles. The highest BCUT2D eigenvalue weighted by atomic mass is 16.7. The minimum Gasteiger partial charge on any atom is -0.394 e. The van der Waals surface area contributed by atoms with Gasteiger partial charge in [0.1, 0.15) is 24.4 Å². The maximum atomic E-state index is 10.1. The fraction of sp³-hybridized carbons (Fsp3) is 1.00. The van der Waals surface area contributed by atoms with E-state index in [1.54, 1.807) is 13.8 Å². The number of likely N-dealkylation sites (N-methyl/N-ethyl adjacent to an activating group) is 1. The van der Waals surface area contributed by atoms with Gasteiger partial charge in [-0.3, -0.25) is 0 Å². The number of nitrogens with zero attached hydrogens (tertiary/aromatic N) is 1. The molecular formula is C28H55NO13. The highest BCUT2D eigenvalue weighted by Gasteiger charge is 2.43. The molecule has 6 N–H and O–H groups in total. The van der Waals surface area contributed by atoms with Crippen molar-refractivity contribution >= 4 is 0 Å². The summed E-state index contributed by atoms with van der Waals surface area (Å²) in [5.41, 5.74) is 0. The van der Waals surface area contributed by atoms with Crippen LogP contribution in [-0.4, -0.2) is 171 Å². The van der Waals surface area contributed by atoms with Crippen LogP contribution in [0.2, 0.25) is 0 Å². The van der Waals surface area contributed by atoms with Crippen molar-refractivity contribution in [1.82, 2.24) is 4.90 Å². The van der Waals surface area contributed by atoms with Crippen LogP contribution in [0.15, 0.2) is 0 Å². The Hall–Kier alpha value is -0.560. The number of rotatable bonds is 22. The lowest BCUT2D eigenvalue weighted by molar-refractivity contribution is -0.284. The maximum Gasteiger partial charge on any atom is 0.163 e. The molecule has 42 heavy (non-hydrogen) atoms. The first-order chi connectivity index (χ1) is 20.2. The standard InChI is InChI=1S/C28H55NO13/c1-19-23(32)25(34)21(17-30)41-27(19)39-10-6-4-5-9-36-11-7-29(3)8-12-37-13-14-38-15-16-40-28-20(2)24(33)26(35)22(18-31)42-28/h19-28,30-35H,4-18H2,1-3H3/t19-,20-,21?,22?,23?,24?,25-,26-,27+,28+/m0/s1. The molecule has 0 radical (unpaired) electrons. The Labute approximate surface area is 249 Å². The van der Waals surface area contributed by atoms with Gasteiger partial charge in [-0.15, -0.1) is 0 Å². The molecule has 0 amide bonds. The second-order valence-corrected chi connectivity index (χ2v) is 11.1. The lowest BCUT2D eigenvalue weighted by Gasteiger charge is -2.40. The average Bonchev–Trinajstić information content (AvgIpc) is 2.99. The average molecular weight is 614 g/mol. The summed E-state index contributed by atoms with van der Waals surface area (Å²) in [7, 11) is 2.01. The van der Waals surface area contributed by atoms with E-state index in [2.05, 4.69) is 4.90 Å². The highest BCUT2D eigenvalue weighted by Crippen LogP contribution is 2.27. The smallest absolute Gasteiger partial charge is 0.163 e. The van der Waals surface area contributed by atoms with Crippen LogP contribution in [0, 0.1) is 11.8 Å². The van der Waals surface area contributed by atoms with E-state index < -0.39 is 61.7 Å². The summed E-state index contributed by atoms with van der Waals surface area (Å²) in [6.07, 6.45) is -4.70. The molecule has 0 aromatic heterocycles. The molecule has 2 fully saturated rings. The van der Waals surface area contributed by atoms with Gasteiger partial charge < -0.3 is 68.7 Å². The molecule has 4 unspecified atom stereocenters. The topological polar surface area (TPSA) is 189 Å². The Morgan fingerprint density at radius 1 is 0.548 bits per heavy atom. The highest BCUT2D eigenvalue weighted by molar-refractivity contribution is 4.87. The zero-order chi connectivity index (χ0) is 30.9. The van der Waals surface area contributed by atoms with E-state index in [9.17, 15) is 30.6 Å². The molecule has 14 heteroatoms. The first kappa shape index (κ1) is 37.6.